The number of benzene rings is 2. The van der Waals surface area contributed by atoms with Gasteiger partial charge < -0.3 is 24.4 Å². The van der Waals surface area contributed by atoms with Crippen LogP contribution in [-0.2, 0) is 11.3 Å². The molecule has 7 heteroatoms. The largest absolute Gasteiger partial charge is 0.379 e. The van der Waals surface area contributed by atoms with E-state index in [1.54, 1.807) is 0 Å². The summed E-state index contributed by atoms with van der Waals surface area (Å²) >= 11 is 0. The molecule has 32 heavy (non-hydrogen) atoms. The number of nitrogens with zero attached hydrogens (tertiary/aromatic N) is 4. The average molecular weight is 434 g/mol. The standard InChI is InChI=1S/C25H31N5O2/c31-25(30-14-12-28(13-15-30)23-4-2-1-3-5-23)26-22-6-7-24-21(20-22)8-9-29(24)11-10-27-16-18-32-19-17-27/h1-9,20H,10-19H2,(H,26,31). The van der Waals surface area contributed by atoms with E-state index in [9.17, 15) is 4.79 Å². The molecule has 5 rings (SSSR count). The van der Waals surface area contributed by atoms with Crippen molar-refractivity contribution in [1.82, 2.24) is 14.4 Å². The summed E-state index contributed by atoms with van der Waals surface area (Å²) in [6.07, 6.45) is 2.14. The minimum Gasteiger partial charge on any atom is -0.379 e. The highest BCUT2D eigenvalue weighted by Crippen LogP contribution is 2.22. The summed E-state index contributed by atoms with van der Waals surface area (Å²) in [5, 5.41) is 4.24. The Morgan fingerprint density at radius 1 is 0.875 bits per heavy atom. The Morgan fingerprint density at radius 2 is 1.66 bits per heavy atom. The van der Waals surface area contributed by atoms with Gasteiger partial charge in [0.1, 0.15) is 0 Å². The smallest absolute Gasteiger partial charge is 0.321 e. The van der Waals surface area contributed by atoms with Gasteiger partial charge in [-0.1, -0.05) is 18.2 Å². The number of nitrogens with one attached hydrogen (secondary N) is 1. The van der Waals surface area contributed by atoms with E-state index in [0.717, 1.165) is 76.6 Å². The Morgan fingerprint density at radius 3 is 2.44 bits per heavy atom. The molecule has 7 nitrogen and oxygen atoms in total. The molecule has 2 saturated heterocycles. The molecule has 2 amide bonds. The zero-order chi connectivity index (χ0) is 21.8. The van der Waals surface area contributed by atoms with Crippen LogP contribution in [0.15, 0.2) is 60.8 Å². The maximum Gasteiger partial charge on any atom is 0.321 e. The molecular formula is C25H31N5O2. The summed E-state index contributed by atoms with van der Waals surface area (Å²) < 4.78 is 7.72. The van der Waals surface area contributed by atoms with Crippen LogP contribution in [0, 0.1) is 0 Å². The van der Waals surface area contributed by atoms with Crippen molar-refractivity contribution in [3.63, 3.8) is 0 Å². The van der Waals surface area contributed by atoms with E-state index in [1.165, 1.54) is 11.2 Å². The lowest BCUT2D eigenvalue weighted by Crippen LogP contribution is -2.50. The normalized spacial score (nSPS) is 17.6. The molecule has 2 aromatic carbocycles. The van der Waals surface area contributed by atoms with Crippen LogP contribution in [-0.4, -0.2) is 79.4 Å². The second kappa shape index (κ2) is 9.63. The summed E-state index contributed by atoms with van der Waals surface area (Å²) in [6.45, 7) is 8.81. The Hall–Kier alpha value is -3.03. The van der Waals surface area contributed by atoms with Crippen molar-refractivity contribution in [3.8, 4) is 0 Å². The van der Waals surface area contributed by atoms with E-state index in [-0.39, 0.29) is 6.03 Å². The molecule has 0 spiro atoms. The molecule has 3 aromatic rings. The number of fused-ring (bicyclic) bond motifs is 1. The average Bonchev–Trinajstić information content (AvgIpc) is 3.26. The number of carbonyl (C=O) groups is 1. The van der Waals surface area contributed by atoms with Crippen molar-refractivity contribution in [3.05, 3.63) is 60.8 Å². The van der Waals surface area contributed by atoms with Crippen LogP contribution >= 0.6 is 0 Å². The molecule has 1 aromatic heterocycles. The topological polar surface area (TPSA) is 53.0 Å². The monoisotopic (exact) mass is 433 g/mol. The lowest BCUT2D eigenvalue weighted by atomic mass is 10.2. The fraction of sp³-hybridized carbons (Fsp3) is 0.400. The highest BCUT2D eigenvalue weighted by Gasteiger charge is 2.21. The molecule has 0 radical (unpaired) electrons. The molecule has 168 valence electrons. The highest BCUT2D eigenvalue weighted by molar-refractivity contribution is 5.93. The predicted octanol–water partition coefficient (Wildman–Crippen LogP) is 3.33. The molecule has 0 atom stereocenters. The Balaban J connectivity index is 1.16. The minimum atomic E-state index is -0.0242. The number of piperazine rings is 1. The highest BCUT2D eigenvalue weighted by atomic mass is 16.5. The number of morpholine rings is 1. The number of hydrogen-bond acceptors (Lipinski definition) is 4. The molecule has 2 aliphatic heterocycles. The summed E-state index contributed by atoms with van der Waals surface area (Å²) in [4.78, 5) is 19.5. The number of amides is 2. The van der Waals surface area contributed by atoms with Crippen molar-refractivity contribution >= 4 is 28.3 Å². The van der Waals surface area contributed by atoms with Gasteiger partial charge in [0.15, 0.2) is 0 Å². The lowest BCUT2D eigenvalue weighted by Gasteiger charge is -2.36. The molecule has 0 aliphatic carbocycles. The maximum atomic E-state index is 12.8. The first-order valence-electron chi connectivity index (χ1n) is 11.5. The van der Waals surface area contributed by atoms with Crippen LogP contribution in [0.5, 0.6) is 0 Å². The van der Waals surface area contributed by atoms with E-state index < -0.39 is 0 Å². The molecule has 1 N–H and O–H groups in total. The van der Waals surface area contributed by atoms with Gasteiger partial charge in [-0.25, -0.2) is 4.79 Å². The fourth-order valence-corrected chi connectivity index (χ4v) is 4.56. The molecular weight excluding hydrogens is 402 g/mol. The van der Waals surface area contributed by atoms with Crippen LogP contribution in [0.25, 0.3) is 10.9 Å². The third-order valence-electron chi connectivity index (χ3n) is 6.47. The van der Waals surface area contributed by atoms with Crippen molar-refractivity contribution < 1.29 is 9.53 Å². The number of carbonyl (C=O) groups excluding carboxylic acids is 1. The van der Waals surface area contributed by atoms with Gasteiger partial charge in [0.2, 0.25) is 0 Å². The fourth-order valence-electron chi connectivity index (χ4n) is 4.56. The maximum absolute atomic E-state index is 12.8. The first-order valence-corrected chi connectivity index (χ1v) is 11.5. The van der Waals surface area contributed by atoms with Gasteiger partial charge in [0.25, 0.3) is 0 Å². The number of rotatable bonds is 5. The van der Waals surface area contributed by atoms with Crippen molar-refractivity contribution in [2.45, 2.75) is 6.54 Å². The zero-order valence-corrected chi connectivity index (χ0v) is 18.4. The summed E-state index contributed by atoms with van der Waals surface area (Å²) in [6, 6.07) is 18.7. The third kappa shape index (κ3) is 4.74. The Bertz CT molecular complexity index is 1040. The second-order valence-electron chi connectivity index (χ2n) is 8.48. The SMILES string of the molecule is O=C(Nc1ccc2c(ccn2CCN2CCOCC2)c1)N1CCN(c2ccccc2)CC1. The van der Waals surface area contributed by atoms with Gasteiger partial charge >= 0.3 is 6.03 Å². The number of ether oxygens (including phenoxy) is 1. The summed E-state index contributed by atoms with van der Waals surface area (Å²) in [5.74, 6) is 0. The Kier molecular flexibility index (Phi) is 6.27. The molecule has 0 bridgehead atoms. The molecule has 2 fully saturated rings. The van der Waals surface area contributed by atoms with Crippen LogP contribution < -0.4 is 10.2 Å². The number of hydrogen-bond donors (Lipinski definition) is 1. The number of anilines is 2. The van der Waals surface area contributed by atoms with Crippen LogP contribution in [0.1, 0.15) is 0 Å². The summed E-state index contributed by atoms with van der Waals surface area (Å²) in [7, 11) is 0. The van der Waals surface area contributed by atoms with Crippen LogP contribution in [0.3, 0.4) is 0 Å². The number of aromatic nitrogens is 1. The van der Waals surface area contributed by atoms with E-state index in [1.807, 2.05) is 17.0 Å². The van der Waals surface area contributed by atoms with Gasteiger partial charge in [-0.2, -0.15) is 0 Å². The van der Waals surface area contributed by atoms with Gasteiger partial charge in [0.05, 0.1) is 13.2 Å². The lowest BCUT2D eigenvalue weighted by molar-refractivity contribution is 0.0365. The van der Waals surface area contributed by atoms with Crippen LogP contribution in [0.2, 0.25) is 0 Å². The van der Waals surface area contributed by atoms with Gasteiger partial charge in [-0.3, -0.25) is 4.90 Å². The van der Waals surface area contributed by atoms with E-state index in [0.29, 0.717) is 0 Å². The number of para-hydroxylation sites is 1. The van der Waals surface area contributed by atoms with Gasteiger partial charge in [0, 0.05) is 80.8 Å². The first-order chi connectivity index (χ1) is 15.8. The van der Waals surface area contributed by atoms with Crippen molar-refractivity contribution in [2.75, 3.05) is 69.2 Å². The minimum absolute atomic E-state index is 0.0242. The quantitative estimate of drug-likeness (QED) is 0.671. The molecule has 2 aliphatic rings. The first kappa shape index (κ1) is 20.8. The van der Waals surface area contributed by atoms with Gasteiger partial charge in [-0.15, -0.1) is 0 Å². The molecule has 3 heterocycles. The van der Waals surface area contributed by atoms with E-state index >= 15 is 0 Å². The number of urea groups is 1. The van der Waals surface area contributed by atoms with Crippen LogP contribution in [0.4, 0.5) is 16.2 Å². The second-order valence-corrected chi connectivity index (χ2v) is 8.48. The van der Waals surface area contributed by atoms with E-state index in [2.05, 4.69) is 68.3 Å². The summed E-state index contributed by atoms with van der Waals surface area (Å²) in [5.41, 5.74) is 3.27. The van der Waals surface area contributed by atoms with Crippen molar-refractivity contribution in [1.29, 1.82) is 0 Å². The third-order valence-corrected chi connectivity index (χ3v) is 6.47. The Labute approximate surface area is 189 Å². The van der Waals surface area contributed by atoms with E-state index in [4.69, 9.17) is 4.74 Å². The molecule has 0 unspecified atom stereocenters. The predicted molar refractivity (Wildman–Crippen MR) is 128 cm³/mol. The molecule has 0 saturated carbocycles. The van der Waals surface area contributed by atoms with Gasteiger partial charge in [-0.05, 0) is 36.4 Å². The zero-order valence-electron chi connectivity index (χ0n) is 18.4. The van der Waals surface area contributed by atoms with Crippen molar-refractivity contribution in [2.24, 2.45) is 0 Å².